The van der Waals surface area contributed by atoms with Crippen molar-refractivity contribution in [2.45, 2.75) is 13.0 Å². The van der Waals surface area contributed by atoms with Crippen molar-refractivity contribution in [3.05, 3.63) is 59.7 Å². The van der Waals surface area contributed by atoms with Crippen LogP contribution in [0.4, 0.5) is 14.6 Å². The van der Waals surface area contributed by atoms with Crippen LogP contribution in [0.3, 0.4) is 0 Å². The summed E-state index contributed by atoms with van der Waals surface area (Å²) in [6.07, 6.45) is 0.0117. The van der Waals surface area contributed by atoms with E-state index < -0.39 is 11.7 Å². The zero-order valence-corrected chi connectivity index (χ0v) is 14.2. The van der Waals surface area contributed by atoms with Gasteiger partial charge in [-0.2, -0.15) is 5.10 Å². The number of hydrogen-bond donors (Lipinski definition) is 2. The second-order valence-electron chi connectivity index (χ2n) is 6.46. The van der Waals surface area contributed by atoms with Crippen LogP contribution >= 0.6 is 0 Å². The molecule has 1 atom stereocenters. The number of rotatable bonds is 4. The molecule has 0 spiro atoms. The molecule has 4 rings (SSSR count). The summed E-state index contributed by atoms with van der Waals surface area (Å²) in [7, 11) is 0. The highest BCUT2D eigenvalue weighted by Gasteiger charge is 2.37. The summed E-state index contributed by atoms with van der Waals surface area (Å²) >= 11 is 0. The van der Waals surface area contributed by atoms with Crippen LogP contribution in [-0.2, 0) is 16.1 Å². The number of hydrogen-bond acceptors (Lipinski definition) is 3. The Hall–Kier alpha value is -3.29. The maximum atomic E-state index is 14.1. The molecular weight excluding hydrogens is 354 g/mol. The average molecular weight is 370 g/mol. The third-order valence-corrected chi connectivity index (χ3v) is 4.63. The van der Waals surface area contributed by atoms with E-state index in [1.54, 1.807) is 24.3 Å². The van der Waals surface area contributed by atoms with Crippen molar-refractivity contribution in [2.75, 3.05) is 11.4 Å². The molecule has 27 heavy (non-hydrogen) atoms. The number of carbonyl (C=O) groups excluding carboxylic acids is 2. The van der Waals surface area contributed by atoms with Crippen molar-refractivity contribution in [1.82, 2.24) is 15.5 Å². The molecule has 1 fully saturated rings. The van der Waals surface area contributed by atoms with Crippen molar-refractivity contribution in [2.24, 2.45) is 5.92 Å². The molecule has 138 valence electrons. The summed E-state index contributed by atoms with van der Waals surface area (Å²) in [6.45, 7) is 0.281. The van der Waals surface area contributed by atoms with Crippen molar-refractivity contribution in [3.63, 3.8) is 0 Å². The molecule has 1 aliphatic rings. The standard InChI is InChI=1S/C19H16F2N4O2/c20-13-4-1-3-11(7-13)9-22-19(27)12-8-16(26)25(10-12)18-17-14(21)5-2-6-15(17)23-24-18/h1-7,12H,8-10H2,(H,22,27)(H,23,24)/t12-/m0/s1. The van der Waals surface area contributed by atoms with Crippen LogP contribution in [0, 0.1) is 17.6 Å². The number of carbonyl (C=O) groups is 2. The van der Waals surface area contributed by atoms with Crippen LogP contribution in [0.5, 0.6) is 0 Å². The summed E-state index contributed by atoms with van der Waals surface area (Å²) in [6, 6.07) is 10.4. The minimum Gasteiger partial charge on any atom is -0.352 e. The minimum atomic E-state index is -0.579. The van der Waals surface area contributed by atoms with Gasteiger partial charge in [0.15, 0.2) is 5.82 Å². The number of benzene rings is 2. The lowest BCUT2D eigenvalue weighted by Gasteiger charge is -2.14. The van der Waals surface area contributed by atoms with Gasteiger partial charge in [-0.1, -0.05) is 18.2 Å². The third kappa shape index (κ3) is 3.25. The maximum absolute atomic E-state index is 14.1. The quantitative estimate of drug-likeness (QED) is 0.741. The lowest BCUT2D eigenvalue weighted by molar-refractivity contribution is -0.126. The Morgan fingerprint density at radius 1 is 1.26 bits per heavy atom. The first-order chi connectivity index (χ1) is 13.0. The Labute approximate surface area is 153 Å². The molecule has 0 bridgehead atoms. The van der Waals surface area contributed by atoms with E-state index in [1.165, 1.54) is 23.1 Å². The van der Waals surface area contributed by atoms with E-state index in [1.807, 2.05) is 0 Å². The zero-order chi connectivity index (χ0) is 19.0. The summed E-state index contributed by atoms with van der Waals surface area (Å²) in [5, 5.41) is 9.70. The molecule has 0 radical (unpaired) electrons. The molecule has 0 aliphatic carbocycles. The number of nitrogens with zero attached hydrogens (tertiary/aromatic N) is 2. The molecule has 8 heteroatoms. The van der Waals surface area contributed by atoms with Gasteiger partial charge in [-0.05, 0) is 29.8 Å². The number of nitrogens with one attached hydrogen (secondary N) is 2. The molecule has 1 aliphatic heterocycles. The van der Waals surface area contributed by atoms with E-state index in [4.69, 9.17) is 0 Å². The third-order valence-electron chi connectivity index (χ3n) is 4.63. The fourth-order valence-corrected chi connectivity index (χ4v) is 3.28. The van der Waals surface area contributed by atoms with Crippen molar-refractivity contribution >= 4 is 28.5 Å². The van der Waals surface area contributed by atoms with Gasteiger partial charge in [0.2, 0.25) is 11.8 Å². The largest absolute Gasteiger partial charge is 0.352 e. The van der Waals surface area contributed by atoms with Gasteiger partial charge in [-0.3, -0.25) is 19.6 Å². The first-order valence-electron chi connectivity index (χ1n) is 8.48. The number of aromatic nitrogens is 2. The highest BCUT2D eigenvalue weighted by Crippen LogP contribution is 2.31. The molecule has 1 saturated heterocycles. The predicted octanol–water partition coefficient (Wildman–Crippen LogP) is 2.51. The lowest BCUT2D eigenvalue weighted by atomic mass is 10.1. The van der Waals surface area contributed by atoms with Crippen LogP contribution in [0.15, 0.2) is 42.5 Å². The topological polar surface area (TPSA) is 78.1 Å². The van der Waals surface area contributed by atoms with E-state index in [0.717, 1.165) is 0 Å². The number of amides is 2. The monoisotopic (exact) mass is 370 g/mol. The highest BCUT2D eigenvalue weighted by molar-refractivity contribution is 6.05. The molecule has 3 aromatic rings. The van der Waals surface area contributed by atoms with Gasteiger partial charge in [-0.15, -0.1) is 0 Å². The van der Waals surface area contributed by atoms with Gasteiger partial charge in [-0.25, -0.2) is 8.78 Å². The van der Waals surface area contributed by atoms with E-state index in [2.05, 4.69) is 15.5 Å². The molecule has 1 aromatic heterocycles. The van der Waals surface area contributed by atoms with Gasteiger partial charge in [0.1, 0.15) is 11.6 Å². The molecule has 2 N–H and O–H groups in total. The zero-order valence-electron chi connectivity index (χ0n) is 14.2. The van der Waals surface area contributed by atoms with Crippen molar-refractivity contribution in [3.8, 4) is 0 Å². The van der Waals surface area contributed by atoms with Gasteiger partial charge in [0, 0.05) is 19.5 Å². The van der Waals surface area contributed by atoms with E-state index in [-0.39, 0.29) is 48.3 Å². The summed E-state index contributed by atoms with van der Waals surface area (Å²) in [5.41, 5.74) is 1.11. The van der Waals surface area contributed by atoms with Gasteiger partial charge in [0.05, 0.1) is 16.8 Å². The molecular formula is C19H16F2N4O2. The molecule has 0 saturated carbocycles. The van der Waals surface area contributed by atoms with Crippen LogP contribution in [0.25, 0.3) is 10.9 Å². The first kappa shape index (κ1) is 17.1. The van der Waals surface area contributed by atoms with E-state index in [9.17, 15) is 18.4 Å². The fraction of sp³-hybridized carbons (Fsp3) is 0.211. The fourth-order valence-electron chi connectivity index (χ4n) is 3.28. The second kappa shape index (κ2) is 6.79. The van der Waals surface area contributed by atoms with Crippen LogP contribution in [0.1, 0.15) is 12.0 Å². The lowest BCUT2D eigenvalue weighted by Crippen LogP contribution is -2.32. The van der Waals surface area contributed by atoms with Crippen molar-refractivity contribution < 1.29 is 18.4 Å². The number of H-pyrrole nitrogens is 1. The van der Waals surface area contributed by atoms with E-state index in [0.29, 0.717) is 11.1 Å². The highest BCUT2D eigenvalue weighted by atomic mass is 19.1. The Morgan fingerprint density at radius 3 is 2.89 bits per heavy atom. The smallest absolute Gasteiger partial charge is 0.229 e. The average Bonchev–Trinajstić information content (AvgIpc) is 3.24. The minimum absolute atomic E-state index is 0.0117. The summed E-state index contributed by atoms with van der Waals surface area (Å²) in [4.78, 5) is 26.1. The Morgan fingerprint density at radius 2 is 2.07 bits per heavy atom. The van der Waals surface area contributed by atoms with Gasteiger partial charge >= 0.3 is 0 Å². The molecule has 0 unspecified atom stereocenters. The number of aromatic amines is 1. The molecule has 2 aromatic carbocycles. The normalized spacial score (nSPS) is 16.9. The Kier molecular flexibility index (Phi) is 4.31. The number of anilines is 1. The summed E-state index contributed by atoms with van der Waals surface area (Å²) < 4.78 is 27.4. The van der Waals surface area contributed by atoms with Crippen LogP contribution < -0.4 is 10.2 Å². The van der Waals surface area contributed by atoms with Crippen LogP contribution in [0.2, 0.25) is 0 Å². The molecule has 2 heterocycles. The maximum Gasteiger partial charge on any atom is 0.229 e. The summed E-state index contributed by atoms with van der Waals surface area (Å²) in [5.74, 6) is -1.86. The van der Waals surface area contributed by atoms with E-state index >= 15 is 0 Å². The predicted molar refractivity (Wildman–Crippen MR) is 94.8 cm³/mol. The number of fused-ring (bicyclic) bond motifs is 1. The SMILES string of the molecule is O=C(NCc1cccc(F)c1)[C@H]1CC(=O)N(c2n[nH]c3cccc(F)c23)C1. The Bertz CT molecular complexity index is 1030. The van der Waals surface area contributed by atoms with Gasteiger partial charge in [0.25, 0.3) is 0 Å². The van der Waals surface area contributed by atoms with Gasteiger partial charge < -0.3 is 5.32 Å². The molecule has 2 amide bonds. The molecule has 6 nitrogen and oxygen atoms in total. The number of halogens is 2. The second-order valence-corrected chi connectivity index (χ2v) is 6.46. The Balaban J connectivity index is 1.47. The van der Waals surface area contributed by atoms with Crippen molar-refractivity contribution in [1.29, 1.82) is 0 Å². The van der Waals surface area contributed by atoms with Crippen LogP contribution in [-0.4, -0.2) is 28.6 Å². The first-order valence-corrected chi connectivity index (χ1v) is 8.48.